The molecule has 0 saturated heterocycles. The number of likely N-dealkylation sites (N-methyl/N-ethyl adjacent to an activating group) is 1. The number of amides is 1. The molecular weight excluding hydrogens is 349 g/mol. The number of ether oxygens (including phenoxy) is 2. The summed E-state index contributed by atoms with van der Waals surface area (Å²) in [6, 6.07) is 12.5. The van der Waals surface area contributed by atoms with Gasteiger partial charge in [-0.05, 0) is 42.8 Å². The van der Waals surface area contributed by atoms with E-state index in [2.05, 4.69) is 0 Å². The predicted molar refractivity (Wildman–Crippen MR) is 96.0 cm³/mol. The van der Waals surface area contributed by atoms with E-state index >= 15 is 0 Å². The van der Waals surface area contributed by atoms with Gasteiger partial charge in [-0.25, -0.2) is 0 Å². The average molecular weight is 368 g/mol. The van der Waals surface area contributed by atoms with Crippen LogP contribution in [0.15, 0.2) is 42.5 Å². The number of carbonyl (C=O) groups excluding carboxylic acids is 1. The topological polar surface area (TPSA) is 38.8 Å². The minimum Gasteiger partial charge on any atom is -0.497 e. The number of carbonyl (C=O) groups is 1. The van der Waals surface area contributed by atoms with E-state index in [1.165, 1.54) is 0 Å². The van der Waals surface area contributed by atoms with Crippen molar-refractivity contribution in [2.24, 2.45) is 0 Å². The van der Waals surface area contributed by atoms with Gasteiger partial charge in [0.25, 0.3) is 5.91 Å². The maximum atomic E-state index is 12.5. The van der Waals surface area contributed by atoms with Gasteiger partial charge in [0.2, 0.25) is 0 Å². The molecule has 2 aromatic rings. The molecule has 0 N–H and O–H groups in total. The van der Waals surface area contributed by atoms with E-state index in [1.54, 1.807) is 44.2 Å². The summed E-state index contributed by atoms with van der Waals surface area (Å²) in [7, 11) is 3.34. The largest absolute Gasteiger partial charge is 0.497 e. The third kappa shape index (κ3) is 4.79. The van der Waals surface area contributed by atoms with Crippen LogP contribution >= 0.6 is 23.2 Å². The van der Waals surface area contributed by atoms with Crippen molar-refractivity contribution in [3.05, 3.63) is 58.1 Å². The Kier molecular flexibility index (Phi) is 6.35. The number of rotatable bonds is 6. The lowest BCUT2D eigenvalue weighted by atomic mass is 10.2. The molecule has 1 amide bonds. The van der Waals surface area contributed by atoms with Gasteiger partial charge >= 0.3 is 0 Å². The smallest absolute Gasteiger partial charge is 0.263 e. The molecule has 0 spiro atoms. The zero-order chi connectivity index (χ0) is 17.7. The Bertz CT molecular complexity index is 721. The second kappa shape index (κ2) is 8.27. The fraction of sp³-hybridized carbons (Fsp3) is 0.278. The van der Waals surface area contributed by atoms with Crippen molar-refractivity contribution >= 4 is 29.1 Å². The Balaban J connectivity index is 2.01. The molecule has 1 atom stereocenters. The van der Waals surface area contributed by atoms with Gasteiger partial charge in [0.15, 0.2) is 6.10 Å². The Morgan fingerprint density at radius 3 is 2.62 bits per heavy atom. The molecule has 0 saturated carbocycles. The number of benzene rings is 2. The molecular formula is C18H19Cl2NO3. The van der Waals surface area contributed by atoms with E-state index in [0.29, 0.717) is 22.3 Å². The molecule has 128 valence electrons. The summed E-state index contributed by atoms with van der Waals surface area (Å²) in [6.07, 6.45) is -0.667. The van der Waals surface area contributed by atoms with Crippen LogP contribution < -0.4 is 9.47 Å². The first-order chi connectivity index (χ1) is 11.4. The fourth-order valence-electron chi connectivity index (χ4n) is 2.24. The summed E-state index contributed by atoms with van der Waals surface area (Å²) in [5, 5.41) is 0.888. The Morgan fingerprint density at radius 2 is 1.96 bits per heavy atom. The minimum absolute atomic E-state index is 0.149. The molecule has 24 heavy (non-hydrogen) atoms. The van der Waals surface area contributed by atoms with Crippen LogP contribution in [-0.4, -0.2) is 31.1 Å². The van der Waals surface area contributed by atoms with E-state index in [1.807, 2.05) is 24.3 Å². The minimum atomic E-state index is -0.667. The molecule has 6 heteroatoms. The van der Waals surface area contributed by atoms with Crippen molar-refractivity contribution in [1.29, 1.82) is 0 Å². The van der Waals surface area contributed by atoms with Crippen LogP contribution in [0.25, 0.3) is 0 Å². The van der Waals surface area contributed by atoms with Gasteiger partial charge in [-0.3, -0.25) is 4.79 Å². The number of hydrogen-bond acceptors (Lipinski definition) is 3. The summed E-state index contributed by atoms with van der Waals surface area (Å²) in [5.74, 6) is 1.03. The van der Waals surface area contributed by atoms with Crippen molar-refractivity contribution in [3.8, 4) is 11.5 Å². The molecule has 0 bridgehead atoms. The van der Waals surface area contributed by atoms with E-state index in [4.69, 9.17) is 32.7 Å². The molecule has 2 rings (SSSR count). The highest BCUT2D eigenvalue weighted by Gasteiger charge is 2.20. The normalized spacial score (nSPS) is 11.7. The van der Waals surface area contributed by atoms with E-state index in [0.717, 1.165) is 11.3 Å². The van der Waals surface area contributed by atoms with Crippen molar-refractivity contribution < 1.29 is 14.3 Å². The fourth-order valence-corrected chi connectivity index (χ4v) is 2.70. The van der Waals surface area contributed by atoms with Crippen molar-refractivity contribution in [3.63, 3.8) is 0 Å². The Labute approximate surface area is 151 Å². The molecule has 0 aromatic heterocycles. The van der Waals surface area contributed by atoms with Crippen LogP contribution in [0.1, 0.15) is 12.5 Å². The number of nitrogens with zero attached hydrogens (tertiary/aromatic N) is 1. The molecule has 0 aliphatic rings. The van der Waals surface area contributed by atoms with Crippen LogP contribution in [-0.2, 0) is 11.3 Å². The van der Waals surface area contributed by atoms with Crippen LogP contribution in [0.4, 0.5) is 0 Å². The molecule has 2 aromatic carbocycles. The first-order valence-electron chi connectivity index (χ1n) is 7.40. The van der Waals surface area contributed by atoms with E-state index in [9.17, 15) is 4.79 Å². The van der Waals surface area contributed by atoms with Crippen LogP contribution in [0.3, 0.4) is 0 Å². The lowest BCUT2D eigenvalue weighted by molar-refractivity contribution is -0.137. The first kappa shape index (κ1) is 18.4. The highest BCUT2D eigenvalue weighted by molar-refractivity contribution is 6.35. The average Bonchev–Trinajstić information content (AvgIpc) is 2.56. The van der Waals surface area contributed by atoms with Crippen LogP contribution in [0, 0.1) is 0 Å². The lowest BCUT2D eigenvalue weighted by Crippen LogP contribution is -2.37. The molecule has 1 unspecified atom stereocenters. The van der Waals surface area contributed by atoms with Gasteiger partial charge in [0, 0.05) is 18.6 Å². The van der Waals surface area contributed by atoms with E-state index < -0.39 is 6.10 Å². The predicted octanol–water partition coefficient (Wildman–Crippen LogP) is 4.43. The highest BCUT2D eigenvalue weighted by atomic mass is 35.5. The summed E-state index contributed by atoms with van der Waals surface area (Å²) >= 11 is 11.9. The van der Waals surface area contributed by atoms with Gasteiger partial charge in [0.1, 0.15) is 11.5 Å². The Hall–Kier alpha value is -1.91. The summed E-state index contributed by atoms with van der Waals surface area (Å²) in [6.45, 7) is 2.15. The second-order valence-electron chi connectivity index (χ2n) is 5.38. The van der Waals surface area contributed by atoms with Crippen molar-refractivity contribution in [1.82, 2.24) is 4.90 Å². The second-order valence-corrected chi connectivity index (χ2v) is 6.22. The number of halogens is 2. The summed E-state index contributed by atoms with van der Waals surface area (Å²) < 4.78 is 10.9. The van der Waals surface area contributed by atoms with Gasteiger partial charge < -0.3 is 14.4 Å². The van der Waals surface area contributed by atoms with Gasteiger partial charge in [-0.15, -0.1) is 0 Å². The Morgan fingerprint density at radius 1 is 1.21 bits per heavy atom. The highest BCUT2D eigenvalue weighted by Crippen LogP contribution is 2.28. The molecule has 0 heterocycles. The SMILES string of the molecule is COc1cccc(CN(C)C(=O)C(C)Oc2ccc(Cl)cc2Cl)c1. The first-order valence-corrected chi connectivity index (χ1v) is 8.16. The quantitative estimate of drug-likeness (QED) is 0.757. The molecule has 0 aliphatic heterocycles. The van der Waals surface area contributed by atoms with Gasteiger partial charge in [-0.2, -0.15) is 0 Å². The van der Waals surface area contributed by atoms with Gasteiger partial charge in [-0.1, -0.05) is 35.3 Å². The maximum Gasteiger partial charge on any atom is 0.263 e. The van der Waals surface area contributed by atoms with Crippen molar-refractivity contribution in [2.45, 2.75) is 19.6 Å². The van der Waals surface area contributed by atoms with Crippen LogP contribution in [0.2, 0.25) is 10.0 Å². The molecule has 0 fully saturated rings. The monoisotopic (exact) mass is 367 g/mol. The molecule has 4 nitrogen and oxygen atoms in total. The zero-order valence-electron chi connectivity index (χ0n) is 13.8. The third-order valence-electron chi connectivity index (χ3n) is 3.48. The van der Waals surface area contributed by atoms with Gasteiger partial charge in [0.05, 0.1) is 12.1 Å². The summed E-state index contributed by atoms with van der Waals surface area (Å²) in [5.41, 5.74) is 0.974. The van der Waals surface area contributed by atoms with Crippen LogP contribution in [0.5, 0.6) is 11.5 Å². The zero-order valence-corrected chi connectivity index (χ0v) is 15.3. The third-order valence-corrected chi connectivity index (χ3v) is 4.01. The summed E-state index contributed by atoms with van der Waals surface area (Å²) in [4.78, 5) is 14.1. The number of hydrogen-bond donors (Lipinski definition) is 0. The number of methoxy groups -OCH3 is 1. The molecule has 0 aliphatic carbocycles. The molecule has 0 radical (unpaired) electrons. The standard InChI is InChI=1S/C18H19Cl2NO3/c1-12(24-17-8-7-14(19)10-16(17)20)18(22)21(2)11-13-5-4-6-15(9-13)23-3/h4-10,12H,11H2,1-3H3. The van der Waals surface area contributed by atoms with Crippen molar-refractivity contribution in [2.75, 3.05) is 14.2 Å². The van der Waals surface area contributed by atoms with E-state index in [-0.39, 0.29) is 5.91 Å². The lowest BCUT2D eigenvalue weighted by Gasteiger charge is -2.22. The maximum absolute atomic E-state index is 12.5.